The molecule has 0 aliphatic carbocycles. The maximum absolute atomic E-state index is 12.6. The van der Waals surface area contributed by atoms with Crippen LogP contribution in [0.1, 0.15) is 44.7 Å². The van der Waals surface area contributed by atoms with Crippen LogP contribution in [0.4, 0.5) is 0 Å². The minimum atomic E-state index is -0.458. The average molecular weight is 341 g/mol. The van der Waals surface area contributed by atoms with Gasteiger partial charge in [0.05, 0.1) is 11.6 Å². The van der Waals surface area contributed by atoms with Gasteiger partial charge in [-0.05, 0) is 57.4 Å². The summed E-state index contributed by atoms with van der Waals surface area (Å²) in [6, 6.07) is 5.78. The van der Waals surface area contributed by atoms with Gasteiger partial charge in [-0.15, -0.1) is 12.4 Å². The number of ether oxygens (including phenoxy) is 2. The Balaban J connectivity index is 0.00000192. The molecule has 0 aromatic heterocycles. The molecule has 0 radical (unpaired) electrons. The number of hydrogen-bond acceptors (Lipinski definition) is 4. The second-order valence-corrected chi connectivity index (χ2v) is 6.31. The Morgan fingerprint density at radius 3 is 2.70 bits per heavy atom. The van der Waals surface area contributed by atoms with Gasteiger partial charge in [0.15, 0.2) is 11.5 Å². The molecular weight excluding hydrogens is 316 g/mol. The fourth-order valence-electron chi connectivity index (χ4n) is 3.02. The van der Waals surface area contributed by atoms with Crippen molar-refractivity contribution in [3.63, 3.8) is 0 Å². The summed E-state index contributed by atoms with van der Waals surface area (Å²) in [6.07, 6.45) is 3.11. The highest BCUT2D eigenvalue weighted by Gasteiger charge is 2.34. The first-order valence-electron chi connectivity index (χ1n) is 8.04. The van der Waals surface area contributed by atoms with Gasteiger partial charge in [0.2, 0.25) is 5.91 Å². The predicted molar refractivity (Wildman–Crippen MR) is 91.5 cm³/mol. The summed E-state index contributed by atoms with van der Waals surface area (Å²) in [5, 5.41) is 6.46. The van der Waals surface area contributed by atoms with Crippen LogP contribution in [-0.2, 0) is 4.79 Å². The molecule has 3 rings (SSSR count). The van der Waals surface area contributed by atoms with Gasteiger partial charge >= 0.3 is 0 Å². The molecular formula is C17H25ClN2O3. The number of piperidine rings is 1. The maximum atomic E-state index is 12.6. The third kappa shape index (κ3) is 3.90. The van der Waals surface area contributed by atoms with Crippen LogP contribution in [-0.4, -0.2) is 31.2 Å². The van der Waals surface area contributed by atoms with Gasteiger partial charge in [0, 0.05) is 0 Å². The van der Waals surface area contributed by atoms with Crippen molar-refractivity contribution in [3.05, 3.63) is 23.8 Å². The molecule has 5 nitrogen and oxygen atoms in total. The number of amides is 1. The van der Waals surface area contributed by atoms with Gasteiger partial charge in [-0.1, -0.05) is 6.07 Å². The second-order valence-electron chi connectivity index (χ2n) is 6.31. The summed E-state index contributed by atoms with van der Waals surface area (Å²) in [4.78, 5) is 12.6. The van der Waals surface area contributed by atoms with Crippen LogP contribution in [0.25, 0.3) is 0 Å². The summed E-state index contributed by atoms with van der Waals surface area (Å²) >= 11 is 0. The smallest absolute Gasteiger partial charge is 0.240 e. The van der Waals surface area contributed by atoms with Crippen molar-refractivity contribution >= 4 is 18.3 Å². The molecule has 1 aromatic carbocycles. The van der Waals surface area contributed by atoms with E-state index in [0.717, 1.165) is 42.9 Å². The fraction of sp³-hybridized carbons (Fsp3) is 0.588. The Hall–Kier alpha value is -1.46. The number of halogens is 1. The van der Waals surface area contributed by atoms with Crippen LogP contribution < -0.4 is 20.1 Å². The van der Waals surface area contributed by atoms with Crippen LogP contribution in [0.5, 0.6) is 11.5 Å². The summed E-state index contributed by atoms with van der Waals surface area (Å²) in [6.45, 7) is 6.04. The standard InChI is InChI=1S/C17H24N2O3.ClH/c1-12(19-16(20)17(2)7-3-4-8-18-17)13-5-6-14-15(11-13)22-10-9-21-14;/h5-6,11-12,18H,3-4,7-10H2,1-2H3,(H,19,20);1H. The third-order valence-corrected chi connectivity index (χ3v) is 4.53. The van der Waals surface area contributed by atoms with E-state index in [9.17, 15) is 4.79 Å². The van der Waals surface area contributed by atoms with Crippen molar-refractivity contribution in [2.24, 2.45) is 0 Å². The SMILES string of the molecule is CC(NC(=O)C1(C)CCCCN1)c1ccc2c(c1)OCCO2.Cl. The maximum Gasteiger partial charge on any atom is 0.240 e. The number of nitrogens with one attached hydrogen (secondary N) is 2. The van der Waals surface area contributed by atoms with E-state index >= 15 is 0 Å². The molecule has 2 N–H and O–H groups in total. The zero-order valence-electron chi connectivity index (χ0n) is 13.7. The highest BCUT2D eigenvalue weighted by molar-refractivity contribution is 5.86. The highest BCUT2D eigenvalue weighted by Crippen LogP contribution is 2.32. The van der Waals surface area contributed by atoms with Gasteiger partial charge in [-0.25, -0.2) is 0 Å². The molecule has 0 bridgehead atoms. The highest BCUT2D eigenvalue weighted by atomic mass is 35.5. The largest absolute Gasteiger partial charge is 0.486 e. The molecule has 1 fully saturated rings. The molecule has 2 atom stereocenters. The molecule has 1 aromatic rings. The minimum absolute atomic E-state index is 0. The molecule has 2 unspecified atom stereocenters. The van der Waals surface area contributed by atoms with Crippen molar-refractivity contribution in [1.29, 1.82) is 0 Å². The molecule has 128 valence electrons. The Morgan fingerprint density at radius 2 is 2.00 bits per heavy atom. The third-order valence-electron chi connectivity index (χ3n) is 4.53. The first-order chi connectivity index (χ1) is 10.6. The molecule has 1 saturated heterocycles. The fourth-order valence-corrected chi connectivity index (χ4v) is 3.02. The van der Waals surface area contributed by atoms with E-state index in [-0.39, 0.29) is 24.4 Å². The van der Waals surface area contributed by atoms with Crippen molar-refractivity contribution in [2.75, 3.05) is 19.8 Å². The lowest BCUT2D eigenvalue weighted by Crippen LogP contribution is -2.57. The van der Waals surface area contributed by atoms with E-state index in [2.05, 4.69) is 10.6 Å². The molecule has 2 aliphatic heterocycles. The lowest BCUT2D eigenvalue weighted by Gasteiger charge is -2.34. The van der Waals surface area contributed by atoms with Crippen LogP contribution in [0.15, 0.2) is 18.2 Å². The first-order valence-corrected chi connectivity index (χ1v) is 8.04. The second kappa shape index (κ2) is 7.41. The Bertz CT molecular complexity index is 559. The summed E-state index contributed by atoms with van der Waals surface area (Å²) < 4.78 is 11.1. The Kier molecular flexibility index (Phi) is 5.76. The minimum Gasteiger partial charge on any atom is -0.486 e. The predicted octanol–water partition coefficient (Wildman–Crippen LogP) is 2.59. The number of rotatable bonds is 3. The van der Waals surface area contributed by atoms with Crippen LogP contribution in [0, 0.1) is 0 Å². The lowest BCUT2D eigenvalue weighted by molar-refractivity contribution is -0.128. The number of carbonyl (C=O) groups is 1. The number of hydrogen-bond donors (Lipinski definition) is 2. The molecule has 0 saturated carbocycles. The molecule has 6 heteroatoms. The van der Waals surface area contributed by atoms with Crippen LogP contribution >= 0.6 is 12.4 Å². The van der Waals surface area contributed by atoms with Crippen LogP contribution in [0.2, 0.25) is 0 Å². The Labute approximate surface area is 143 Å². The summed E-state index contributed by atoms with van der Waals surface area (Å²) in [5.41, 5.74) is 0.567. The van der Waals surface area contributed by atoms with E-state index in [0.29, 0.717) is 13.2 Å². The van der Waals surface area contributed by atoms with Gasteiger partial charge in [0.1, 0.15) is 13.2 Å². The van der Waals surface area contributed by atoms with E-state index in [4.69, 9.17) is 9.47 Å². The van der Waals surface area contributed by atoms with Gasteiger partial charge < -0.3 is 20.1 Å². The number of benzene rings is 1. The summed E-state index contributed by atoms with van der Waals surface area (Å²) in [7, 11) is 0. The van der Waals surface area contributed by atoms with E-state index < -0.39 is 5.54 Å². The van der Waals surface area contributed by atoms with Crippen molar-refractivity contribution in [3.8, 4) is 11.5 Å². The topological polar surface area (TPSA) is 59.6 Å². The van der Waals surface area contributed by atoms with E-state index in [1.54, 1.807) is 0 Å². The van der Waals surface area contributed by atoms with E-state index in [1.165, 1.54) is 0 Å². The molecule has 2 aliphatic rings. The number of fused-ring (bicyclic) bond motifs is 1. The van der Waals surface area contributed by atoms with Gasteiger partial charge in [-0.2, -0.15) is 0 Å². The monoisotopic (exact) mass is 340 g/mol. The summed E-state index contributed by atoms with van der Waals surface area (Å²) in [5.74, 6) is 1.59. The zero-order valence-corrected chi connectivity index (χ0v) is 14.5. The average Bonchev–Trinajstić information content (AvgIpc) is 2.55. The van der Waals surface area contributed by atoms with Gasteiger partial charge in [-0.3, -0.25) is 4.79 Å². The van der Waals surface area contributed by atoms with E-state index in [1.807, 2.05) is 32.0 Å². The normalized spacial score (nSPS) is 24.3. The molecule has 1 amide bonds. The van der Waals surface area contributed by atoms with Crippen LogP contribution in [0.3, 0.4) is 0 Å². The van der Waals surface area contributed by atoms with Crippen molar-refractivity contribution < 1.29 is 14.3 Å². The molecule has 23 heavy (non-hydrogen) atoms. The van der Waals surface area contributed by atoms with Crippen molar-refractivity contribution in [1.82, 2.24) is 10.6 Å². The lowest BCUT2D eigenvalue weighted by atomic mass is 9.89. The quantitative estimate of drug-likeness (QED) is 0.888. The first kappa shape index (κ1) is 17.9. The van der Waals surface area contributed by atoms with Crippen molar-refractivity contribution in [2.45, 2.75) is 44.7 Å². The molecule has 0 spiro atoms. The molecule has 2 heterocycles. The van der Waals surface area contributed by atoms with Gasteiger partial charge in [0.25, 0.3) is 0 Å². The number of carbonyl (C=O) groups excluding carboxylic acids is 1. The Morgan fingerprint density at radius 1 is 1.26 bits per heavy atom. The zero-order chi connectivity index (χ0) is 15.6.